The molecule has 0 amide bonds. The van der Waals surface area contributed by atoms with Gasteiger partial charge in [0.1, 0.15) is 6.10 Å². The van der Waals surface area contributed by atoms with E-state index >= 15 is 0 Å². The van der Waals surface area contributed by atoms with Crippen molar-refractivity contribution >= 4 is 11.9 Å². The van der Waals surface area contributed by atoms with E-state index in [2.05, 4.69) is 20.8 Å². The second kappa shape index (κ2) is 15.7. The summed E-state index contributed by atoms with van der Waals surface area (Å²) in [6.45, 7) is 6.75. The zero-order chi connectivity index (χ0) is 21.5. The van der Waals surface area contributed by atoms with Crippen molar-refractivity contribution in [1.82, 2.24) is 0 Å². The van der Waals surface area contributed by atoms with Crippen molar-refractivity contribution in [3.05, 3.63) is 0 Å². The molecule has 1 fully saturated rings. The lowest BCUT2D eigenvalue weighted by atomic mass is 9.82. The van der Waals surface area contributed by atoms with Crippen LogP contribution in [0.5, 0.6) is 0 Å². The molecule has 0 aromatic heterocycles. The van der Waals surface area contributed by atoms with E-state index in [4.69, 9.17) is 9.84 Å². The fraction of sp³-hybridized carbons (Fsp3) is 0.920. The van der Waals surface area contributed by atoms with Crippen molar-refractivity contribution in [2.45, 2.75) is 130 Å². The first-order chi connectivity index (χ1) is 13.9. The summed E-state index contributed by atoms with van der Waals surface area (Å²) in [4.78, 5) is 23.8. The van der Waals surface area contributed by atoms with E-state index in [1.165, 1.54) is 51.4 Å². The molecular weight excluding hydrogens is 364 g/mol. The van der Waals surface area contributed by atoms with E-state index in [0.717, 1.165) is 31.6 Å². The largest absolute Gasteiger partial charge is 0.481 e. The molecule has 1 aliphatic rings. The van der Waals surface area contributed by atoms with Gasteiger partial charge in [-0.15, -0.1) is 0 Å². The predicted molar refractivity (Wildman–Crippen MR) is 119 cm³/mol. The van der Waals surface area contributed by atoms with Gasteiger partial charge in [-0.25, -0.2) is 0 Å². The van der Waals surface area contributed by atoms with Crippen LogP contribution in [0.4, 0.5) is 0 Å². The zero-order valence-electron chi connectivity index (χ0n) is 19.3. The van der Waals surface area contributed by atoms with Gasteiger partial charge >= 0.3 is 11.9 Å². The van der Waals surface area contributed by atoms with Crippen LogP contribution in [0, 0.1) is 17.8 Å². The third kappa shape index (κ3) is 12.3. The highest BCUT2D eigenvalue weighted by Crippen LogP contribution is 2.30. The third-order valence-electron chi connectivity index (χ3n) is 6.38. The highest BCUT2D eigenvalue weighted by molar-refractivity contribution is 5.74. The van der Waals surface area contributed by atoms with Crippen LogP contribution in [-0.4, -0.2) is 23.1 Å². The molecule has 0 aromatic rings. The Hall–Kier alpha value is -1.06. The van der Waals surface area contributed by atoms with Gasteiger partial charge in [0.2, 0.25) is 0 Å². The van der Waals surface area contributed by atoms with Gasteiger partial charge in [-0.05, 0) is 57.3 Å². The van der Waals surface area contributed by atoms with Gasteiger partial charge in [0.25, 0.3) is 0 Å². The molecule has 1 saturated carbocycles. The second-order valence-electron chi connectivity index (χ2n) is 9.53. The number of carboxylic acid groups (broad SMARTS) is 1. The molecule has 29 heavy (non-hydrogen) atoms. The summed E-state index contributed by atoms with van der Waals surface area (Å²) >= 11 is 0. The molecule has 1 unspecified atom stereocenters. The normalized spacial score (nSPS) is 20.6. The van der Waals surface area contributed by atoms with Gasteiger partial charge in [-0.2, -0.15) is 0 Å². The first-order valence-electron chi connectivity index (χ1n) is 12.4. The molecule has 0 bridgehead atoms. The number of aliphatic carboxylic acids is 1. The molecule has 0 spiro atoms. The summed E-state index contributed by atoms with van der Waals surface area (Å²) in [6.07, 6.45) is 17.0. The smallest absolute Gasteiger partial charge is 0.309 e. The Labute approximate surface area is 179 Å². The van der Waals surface area contributed by atoms with Crippen molar-refractivity contribution in [1.29, 1.82) is 0 Å². The summed E-state index contributed by atoms with van der Waals surface area (Å²) in [5.41, 5.74) is 0. The standard InChI is InChI=1S/C25H46O4/c1-4-5-6-7-8-9-10-14-23(15-12-11-13-20(2)3)29-25(28)22-18-16-21(17-19-22)24(26)27/h20-23H,4-19H2,1-3H3,(H,26,27). The third-order valence-corrected chi connectivity index (χ3v) is 6.38. The highest BCUT2D eigenvalue weighted by atomic mass is 16.5. The number of rotatable bonds is 16. The summed E-state index contributed by atoms with van der Waals surface area (Å²) in [5, 5.41) is 9.14. The van der Waals surface area contributed by atoms with Crippen LogP contribution in [0.3, 0.4) is 0 Å². The maximum Gasteiger partial charge on any atom is 0.309 e. The van der Waals surface area contributed by atoms with E-state index in [9.17, 15) is 9.59 Å². The van der Waals surface area contributed by atoms with Crippen LogP contribution < -0.4 is 0 Å². The van der Waals surface area contributed by atoms with Gasteiger partial charge in [-0.1, -0.05) is 72.1 Å². The molecular formula is C25H46O4. The van der Waals surface area contributed by atoms with E-state index in [1.807, 2.05) is 0 Å². The van der Waals surface area contributed by atoms with E-state index in [0.29, 0.717) is 25.7 Å². The highest BCUT2D eigenvalue weighted by Gasteiger charge is 2.31. The van der Waals surface area contributed by atoms with Crippen LogP contribution >= 0.6 is 0 Å². The summed E-state index contributed by atoms with van der Waals surface area (Å²) in [7, 11) is 0. The van der Waals surface area contributed by atoms with Crippen LogP contribution in [0.2, 0.25) is 0 Å². The second-order valence-corrected chi connectivity index (χ2v) is 9.53. The predicted octanol–water partition coefficient (Wildman–Crippen LogP) is 7.15. The van der Waals surface area contributed by atoms with Crippen molar-refractivity contribution in [2.75, 3.05) is 0 Å². The Kier molecular flexibility index (Phi) is 14.1. The molecule has 1 rings (SSSR count). The van der Waals surface area contributed by atoms with Crippen molar-refractivity contribution in [2.24, 2.45) is 17.8 Å². The van der Waals surface area contributed by atoms with Gasteiger partial charge in [0.05, 0.1) is 11.8 Å². The number of carbonyl (C=O) groups excluding carboxylic acids is 1. The van der Waals surface area contributed by atoms with E-state index in [-0.39, 0.29) is 23.9 Å². The number of carbonyl (C=O) groups is 2. The summed E-state index contributed by atoms with van der Waals surface area (Å²) in [6, 6.07) is 0. The van der Waals surface area contributed by atoms with Crippen LogP contribution in [-0.2, 0) is 14.3 Å². The van der Waals surface area contributed by atoms with Crippen molar-refractivity contribution < 1.29 is 19.4 Å². The molecule has 0 heterocycles. The number of unbranched alkanes of at least 4 members (excludes halogenated alkanes) is 7. The number of carboxylic acids is 1. The quantitative estimate of drug-likeness (QED) is 0.217. The molecule has 4 nitrogen and oxygen atoms in total. The van der Waals surface area contributed by atoms with Crippen LogP contribution in [0.25, 0.3) is 0 Å². The van der Waals surface area contributed by atoms with Crippen molar-refractivity contribution in [3.63, 3.8) is 0 Å². The minimum Gasteiger partial charge on any atom is -0.481 e. The van der Waals surface area contributed by atoms with Gasteiger partial charge in [0, 0.05) is 0 Å². The Bertz CT molecular complexity index is 438. The minimum atomic E-state index is -0.723. The molecule has 0 aromatic carbocycles. The maximum absolute atomic E-state index is 12.7. The molecule has 1 aliphatic carbocycles. The van der Waals surface area contributed by atoms with Crippen LogP contribution in [0.1, 0.15) is 124 Å². The minimum absolute atomic E-state index is 0.0440. The lowest BCUT2D eigenvalue weighted by Crippen LogP contribution is -2.29. The summed E-state index contributed by atoms with van der Waals surface area (Å²) < 4.78 is 5.95. The van der Waals surface area contributed by atoms with Crippen molar-refractivity contribution in [3.8, 4) is 0 Å². The Morgan fingerprint density at radius 3 is 1.83 bits per heavy atom. The number of ether oxygens (including phenoxy) is 1. The maximum atomic E-state index is 12.7. The monoisotopic (exact) mass is 410 g/mol. The average molecular weight is 411 g/mol. The topological polar surface area (TPSA) is 63.6 Å². The van der Waals surface area contributed by atoms with E-state index in [1.54, 1.807) is 0 Å². The zero-order valence-corrected chi connectivity index (χ0v) is 19.3. The van der Waals surface area contributed by atoms with Gasteiger partial charge < -0.3 is 9.84 Å². The molecule has 4 heteroatoms. The van der Waals surface area contributed by atoms with E-state index < -0.39 is 5.97 Å². The number of esters is 1. The number of hydrogen-bond donors (Lipinski definition) is 1. The molecule has 1 atom stereocenters. The molecule has 170 valence electrons. The summed E-state index contributed by atoms with van der Waals surface area (Å²) in [5.74, 6) is -0.454. The molecule has 0 aliphatic heterocycles. The average Bonchev–Trinajstić information content (AvgIpc) is 2.70. The Morgan fingerprint density at radius 1 is 0.793 bits per heavy atom. The molecule has 0 saturated heterocycles. The fourth-order valence-electron chi connectivity index (χ4n) is 4.35. The fourth-order valence-corrected chi connectivity index (χ4v) is 4.35. The van der Waals surface area contributed by atoms with Gasteiger partial charge in [-0.3, -0.25) is 9.59 Å². The number of hydrogen-bond acceptors (Lipinski definition) is 3. The lowest BCUT2D eigenvalue weighted by Gasteiger charge is -2.27. The van der Waals surface area contributed by atoms with Gasteiger partial charge in [0.15, 0.2) is 0 Å². The Balaban J connectivity index is 2.37. The lowest BCUT2D eigenvalue weighted by molar-refractivity contribution is -0.158. The first kappa shape index (κ1) is 26.0. The molecule has 1 N–H and O–H groups in total. The SMILES string of the molecule is CCCCCCCCCC(CCCCC(C)C)OC(=O)C1CCC(C(=O)O)CC1. The Morgan fingerprint density at radius 2 is 1.28 bits per heavy atom. The first-order valence-corrected chi connectivity index (χ1v) is 12.4. The molecule has 0 radical (unpaired) electrons. The van der Waals surface area contributed by atoms with Crippen LogP contribution in [0.15, 0.2) is 0 Å².